The van der Waals surface area contributed by atoms with Gasteiger partial charge in [-0.15, -0.1) is 0 Å². The summed E-state index contributed by atoms with van der Waals surface area (Å²) < 4.78 is 5.78. The van der Waals surface area contributed by atoms with Crippen molar-refractivity contribution in [2.24, 2.45) is 5.41 Å². The SMILES string of the molecule is CCOC1CC(NCCC(C)c2ccccc2)C1(C)C. The second kappa shape index (κ2) is 6.73. The molecule has 1 aromatic carbocycles. The van der Waals surface area contributed by atoms with Crippen LogP contribution in [-0.4, -0.2) is 25.3 Å². The lowest BCUT2D eigenvalue weighted by Crippen LogP contribution is -2.61. The molecule has 1 saturated carbocycles. The first kappa shape index (κ1) is 15.5. The maximum Gasteiger partial charge on any atom is 0.0655 e. The molecule has 0 saturated heterocycles. The van der Waals surface area contributed by atoms with Gasteiger partial charge in [-0.25, -0.2) is 0 Å². The lowest BCUT2D eigenvalue weighted by atomic mass is 9.64. The van der Waals surface area contributed by atoms with Gasteiger partial charge in [0.15, 0.2) is 0 Å². The van der Waals surface area contributed by atoms with Crippen LogP contribution in [0.15, 0.2) is 30.3 Å². The Kier molecular flexibility index (Phi) is 5.22. The number of nitrogens with one attached hydrogen (secondary N) is 1. The predicted octanol–water partition coefficient (Wildman–Crippen LogP) is 3.97. The molecule has 0 amide bonds. The summed E-state index contributed by atoms with van der Waals surface area (Å²) in [6, 6.07) is 11.4. The highest BCUT2D eigenvalue weighted by Gasteiger charge is 2.48. The zero-order chi connectivity index (χ0) is 14.6. The van der Waals surface area contributed by atoms with Crippen LogP contribution in [0.2, 0.25) is 0 Å². The normalized spacial score (nSPS) is 26.0. The molecule has 112 valence electrons. The van der Waals surface area contributed by atoms with Crippen molar-refractivity contribution in [3.8, 4) is 0 Å². The summed E-state index contributed by atoms with van der Waals surface area (Å²) in [7, 11) is 0. The molecule has 0 aromatic heterocycles. The highest BCUT2D eigenvalue weighted by molar-refractivity contribution is 5.18. The fourth-order valence-electron chi connectivity index (χ4n) is 3.14. The standard InChI is InChI=1S/C18H29NO/c1-5-20-17-13-16(18(17,3)4)19-12-11-14(2)15-9-7-6-8-10-15/h6-10,14,16-17,19H,5,11-13H2,1-4H3. The third kappa shape index (κ3) is 3.42. The van der Waals surface area contributed by atoms with E-state index in [1.807, 2.05) is 0 Å². The fraction of sp³-hybridized carbons (Fsp3) is 0.667. The Labute approximate surface area is 123 Å². The minimum Gasteiger partial charge on any atom is -0.378 e. The van der Waals surface area contributed by atoms with Gasteiger partial charge in [0.1, 0.15) is 0 Å². The van der Waals surface area contributed by atoms with E-state index in [1.165, 1.54) is 12.0 Å². The first-order valence-electron chi connectivity index (χ1n) is 7.95. The fourth-order valence-corrected chi connectivity index (χ4v) is 3.14. The van der Waals surface area contributed by atoms with Gasteiger partial charge in [-0.1, -0.05) is 51.1 Å². The van der Waals surface area contributed by atoms with Crippen LogP contribution in [0.3, 0.4) is 0 Å². The van der Waals surface area contributed by atoms with E-state index in [-0.39, 0.29) is 5.41 Å². The summed E-state index contributed by atoms with van der Waals surface area (Å²) in [6.45, 7) is 10.9. The highest BCUT2D eigenvalue weighted by Crippen LogP contribution is 2.42. The molecule has 3 unspecified atom stereocenters. The minimum atomic E-state index is 0.270. The largest absolute Gasteiger partial charge is 0.378 e. The molecular weight excluding hydrogens is 246 g/mol. The van der Waals surface area contributed by atoms with Crippen molar-refractivity contribution in [3.63, 3.8) is 0 Å². The van der Waals surface area contributed by atoms with Gasteiger partial charge in [0.05, 0.1) is 6.10 Å². The molecular formula is C18H29NO. The minimum absolute atomic E-state index is 0.270. The molecule has 0 radical (unpaired) electrons. The summed E-state index contributed by atoms with van der Waals surface area (Å²) >= 11 is 0. The zero-order valence-corrected chi connectivity index (χ0v) is 13.4. The van der Waals surface area contributed by atoms with Crippen LogP contribution in [0.5, 0.6) is 0 Å². The number of benzene rings is 1. The first-order valence-corrected chi connectivity index (χ1v) is 7.95. The Morgan fingerprint density at radius 2 is 2.00 bits per heavy atom. The average molecular weight is 275 g/mol. The van der Waals surface area contributed by atoms with Gasteiger partial charge in [0, 0.05) is 18.1 Å². The van der Waals surface area contributed by atoms with Crippen molar-refractivity contribution in [2.75, 3.05) is 13.2 Å². The van der Waals surface area contributed by atoms with E-state index in [2.05, 4.69) is 63.3 Å². The number of hydrogen-bond acceptors (Lipinski definition) is 2. The van der Waals surface area contributed by atoms with Crippen molar-refractivity contribution >= 4 is 0 Å². The van der Waals surface area contributed by atoms with E-state index in [9.17, 15) is 0 Å². The van der Waals surface area contributed by atoms with Crippen molar-refractivity contribution in [1.82, 2.24) is 5.32 Å². The third-order valence-corrected chi connectivity index (χ3v) is 4.88. The van der Waals surface area contributed by atoms with Gasteiger partial charge in [-0.2, -0.15) is 0 Å². The molecule has 1 fully saturated rings. The monoisotopic (exact) mass is 275 g/mol. The molecule has 3 atom stereocenters. The van der Waals surface area contributed by atoms with Crippen LogP contribution in [0.1, 0.15) is 52.0 Å². The van der Waals surface area contributed by atoms with E-state index in [0.29, 0.717) is 18.1 Å². The van der Waals surface area contributed by atoms with Gasteiger partial charge in [-0.3, -0.25) is 0 Å². The lowest BCUT2D eigenvalue weighted by molar-refractivity contribution is -0.114. The molecule has 20 heavy (non-hydrogen) atoms. The Balaban J connectivity index is 1.72. The Hall–Kier alpha value is -0.860. The molecule has 0 aliphatic heterocycles. The van der Waals surface area contributed by atoms with Gasteiger partial charge in [0.2, 0.25) is 0 Å². The molecule has 0 bridgehead atoms. The molecule has 0 spiro atoms. The summed E-state index contributed by atoms with van der Waals surface area (Å²) in [5.74, 6) is 0.620. The second-order valence-corrected chi connectivity index (χ2v) is 6.61. The number of rotatable bonds is 7. The summed E-state index contributed by atoms with van der Waals surface area (Å²) in [6.07, 6.45) is 2.77. The summed E-state index contributed by atoms with van der Waals surface area (Å²) in [5.41, 5.74) is 1.71. The van der Waals surface area contributed by atoms with E-state index in [0.717, 1.165) is 19.6 Å². The van der Waals surface area contributed by atoms with Crippen LogP contribution < -0.4 is 5.32 Å². The maximum absolute atomic E-state index is 5.78. The first-order chi connectivity index (χ1) is 9.55. The van der Waals surface area contributed by atoms with E-state index >= 15 is 0 Å². The van der Waals surface area contributed by atoms with Crippen molar-refractivity contribution in [3.05, 3.63) is 35.9 Å². The lowest BCUT2D eigenvalue weighted by Gasteiger charge is -2.52. The quantitative estimate of drug-likeness (QED) is 0.813. The molecule has 1 N–H and O–H groups in total. The smallest absolute Gasteiger partial charge is 0.0655 e. The number of hydrogen-bond donors (Lipinski definition) is 1. The van der Waals surface area contributed by atoms with E-state index in [4.69, 9.17) is 4.74 Å². The Bertz CT molecular complexity index is 401. The Morgan fingerprint density at radius 1 is 1.30 bits per heavy atom. The molecule has 2 nitrogen and oxygen atoms in total. The molecule has 1 aliphatic rings. The number of ether oxygens (including phenoxy) is 1. The van der Waals surface area contributed by atoms with Crippen LogP contribution in [0.4, 0.5) is 0 Å². The average Bonchev–Trinajstić information content (AvgIpc) is 2.46. The Morgan fingerprint density at radius 3 is 2.60 bits per heavy atom. The predicted molar refractivity (Wildman–Crippen MR) is 85.1 cm³/mol. The van der Waals surface area contributed by atoms with Crippen molar-refractivity contribution < 1.29 is 4.74 Å². The van der Waals surface area contributed by atoms with Crippen molar-refractivity contribution in [1.29, 1.82) is 0 Å². The molecule has 2 heteroatoms. The van der Waals surface area contributed by atoms with Crippen LogP contribution in [-0.2, 0) is 4.74 Å². The second-order valence-electron chi connectivity index (χ2n) is 6.61. The van der Waals surface area contributed by atoms with Crippen LogP contribution in [0, 0.1) is 5.41 Å². The topological polar surface area (TPSA) is 21.3 Å². The molecule has 1 aromatic rings. The molecule has 2 rings (SSSR count). The molecule has 0 heterocycles. The summed E-state index contributed by atoms with van der Waals surface area (Å²) in [5, 5.41) is 3.72. The highest BCUT2D eigenvalue weighted by atomic mass is 16.5. The molecule has 1 aliphatic carbocycles. The zero-order valence-electron chi connectivity index (χ0n) is 13.4. The van der Waals surface area contributed by atoms with Gasteiger partial charge in [0.25, 0.3) is 0 Å². The van der Waals surface area contributed by atoms with Gasteiger partial charge in [-0.05, 0) is 37.8 Å². The van der Waals surface area contributed by atoms with Gasteiger partial charge < -0.3 is 10.1 Å². The third-order valence-electron chi connectivity index (χ3n) is 4.88. The van der Waals surface area contributed by atoms with Crippen LogP contribution in [0.25, 0.3) is 0 Å². The summed E-state index contributed by atoms with van der Waals surface area (Å²) in [4.78, 5) is 0. The van der Waals surface area contributed by atoms with Gasteiger partial charge >= 0.3 is 0 Å². The van der Waals surface area contributed by atoms with Crippen molar-refractivity contribution in [2.45, 2.75) is 58.6 Å². The maximum atomic E-state index is 5.78. The van der Waals surface area contributed by atoms with Crippen LogP contribution >= 0.6 is 0 Å². The van der Waals surface area contributed by atoms with E-state index in [1.54, 1.807) is 0 Å². The van der Waals surface area contributed by atoms with E-state index < -0.39 is 0 Å².